The molecule has 280 valence electrons. The number of carbonyl (C=O) groups is 5. The zero-order valence-electron chi connectivity index (χ0n) is 27.6. The molecule has 4 aliphatic rings. The Labute approximate surface area is 285 Å². The molecule has 1 amide bonds. The molecule has 0 aliphatic heterocycles. The number of nitrogens with zero attached hydrogens (tertiary/aromatic N) is 2. The van der Waals surface area contributed by atoms with E-state index in [0.717, 1.165) is 0 Å². The van der Waals surface area contributed by atoms with Gasteiger partial charge in [-0.2, -0.15) is 0 Å². The number of ketones is 2. The van der Waals surface area contributed by atoms with E-state index >= 15 is 4.39 Å². The monoisotopic (exact) mass is 717 g/mol. The number of nitrogens with one attached hydrogen (secondary N) is 1. The number of carbonyl (C=O) groups excluding carboxylic acids is 4. The number of amides is 1. The smallest absolute Gasteiger partial charge is 0.408 e. The van der Waals surface area contributed by atoms with E-state index in [0.29, 0.717) is 31.3 Å². The number of alkyl halides is 1. The summed E-state index contributed by atoms with van der Waals surface area (Å²) in [6.07, 6.45) is 1.88. The molecular weight excluding hydrogens is 673 g/mol. The number of carboxylic acid groups (broad SMARTS) is 1. The molecule has 0 bridgehead atoms. The second-order valence-electron chi connectivity index (χ2n) is 13.7. The second kappa shape index (κ2) is 15.9. The van der Waals surface area contributed by atoms with Gasteiger partial charge in [0, 0.05) is 23.7 Å². The number of fused-ring (bicyclic) bond motifs is 5. The minimum absolute atomic E-state index is 0.00658. The summed E-state index contributed by atoms with van der Waals surface area (Å²) >= 11 is 0. The molecule has 4 aliphatic carbocycles. The van der Waals surface area contributed by atoms with E-state index in [4.69, 9.17) is 30.3 Å². The third kappa shape index (κ3) is 8.21. The molecule has 0 saturated heterocycles. The Bertz CT molecular complexity index is 1380. The number of alkyl carbamates (subject to hydrolysis) is 1. The van der Waals surface area contributed by atoms with Gasteiger partial charge in [0.15, 0.2) is 29.9 Å². The minimum Gasteiger partial charge on any atom is -0.480 e. The molecule has 5 unspecified atom stereocenters. The van der Waals surface area contributed by atoms with Gasteiger partial charge < -0.3 is 25.0 Å². The number of aliphatic carboxylic acids is 1. The molecule has 19 heteroatoms. The van der Waals surface area contributed by atoms with Crippen molar-refractivity contribution in [3.8, 4) is 0 Å². The Hall–Kier alpha value is -3.40. The fraction of sp³-hybridized carbons (Fsp3) is 0.710. The molecule has 3 saturated carbocycles. The maximum Gasteiger partial charge on any atom is 0.408 e. The van der Waals surface area contributed by atoms with E-state index in [9.17, 15) is 34.2 Å². The van der Waals surface area contributed by atoms with Gasteiger partial charge in [-0.3, -0.25) is 35.2 Å². The van der Waals surface area contributed by atoms with Crippen LogP contribution in [0.1, 0.15) is 65.2 Å². The van der Waals surface area contributed by atoms with Crippen molar-refractivity contribution in [2.45, 2.75) is 89.1 Å². The molecule has 3 fully saturated rings. The van der Waals surface area contributed by atoms with Crippen molar-refractivity contribution < 1.29 is 78.6 Å². The SMILES string of the molecule is C[C@]12C[C@H](O)C3(F)[C@@H](CCC4=CC(=O)C=C[C@@]43C)C1CCC2C(=O)COC(=O)NC(COC(=O)CCCC(CON(O)O)ON(O)O)C(=O)O. The number of hydrogen-bond acceptors (Lipinski definition) is 16. The van der Waals surface area contributed by atoms with Gasteiger partial charge in [0.05, 0.1) is 16.9 Å². The molecule has 0 aromatic rings. The lowest BCUT2D eigenvalue weighted by atomic mass is 9.45. The van der Waals surface area contributed by atoms with Crippen LogP contribution in [0.15, 0.2) is 23.8 Å². The van der Waals surface area contributed by atoms with Gasteiger partial charge in [-0.1, -0.05) is 18.6 Å². The van der Waals surface area contributed by atoms with Crippen molar-refractivity contribution in [1.82, 2.24) is 16.1 Å². The van der Waals surface area contributed by atoms with Crippen molar-refractivity contribution in [3.05, 3.63) is 23.8 Å². The number of rotatable bonds is 16. The Morgan fingerprint density at radius 3 is 2.42 bits per heavy atom. The number of halogens is 1. The maximum atomic E-state index is 17.2. The van der Waals surface area contributed by atoms with Crippen LogP contribution in [-0.2, 0) is 38.3 Å². The summed E-state index contributed by atoms with van der Waals surface area (Å²) in [5, 5.41) is 56.4. The fourth-order valence-corrected chi connectivity index (χ4v) is 8.51. The van der Waals surface area contributed by atoms with Crippen molar-refractivity contribution in [3.63, 3.8) is 0 Å². The van der Waals surface area contributed by atoms with E-state index in [2.05, 4.69) is 9.68 Å². The number of hydrogen-bond donors (Lipinski definition) is 7. The number of aliphatic hydroxyl groups is 1. The molecule has 7 N–H and O–H groups in total. The van der Waals surface area contributed by atoms with Crippen molar-refractivity contribution in [2.75, 3.05) is 19.8 Å². The van der Waals surface area contributed by atoms with Crippen LogP contribution in [0.3, 0.4) is 0 Å². The summed E-state index contributed by atoms with van der Waals surface area (Å²) in [5.41, 5.74) is -3.36. The highest BCUT2D eigenvalue weighted by Gasteiger charge is 2.70. The molecule has 9 atom stereocenters. The largest absolute Gasteiger partial charge is 0.480 e. The Morgan fingerprint density at radius 2 is 1.76 bits per heavy atom. The van der Waals surface area contributed by atoms with Gasteiger partial charge >= 0.3 is 18.0 Å². The van der Waals surface area contributed by atoms with Crippen molar-refractivity contribution in [1.29, 1.82) is 0 Å². The summed E-state index contributed by atoms with van der Waals surface area (Å²) in [6, 6.07) is -1.74. The highest BCUT2D eigenvalue weighted by Crippen LogP contribution is 2.68. The summed E-state index contributed by atoms with van der Waals surface area (Å²) in [4.78, 5) is 70.6. The lowest BCUT2D eigenvalue weighted by Gasteiger charge is -2.62. The normalized spacial score (nSPS) is 32.8. The van der Waals surface area contributed by atoms with Crippen LogP contribution in [-0.4, -0.2) is 115 Å². The van der Waals surface area contributed by atoms with E-state index in [1.54, 1.807) is 13.0 Å². The van der Waals surface area contributed by atoms with Crippen LogP contribution in [0.5, 0.6) is 0 Å². The van der Waals surface area contributed by atoms with Crippen LogP contribution < -0.4 is 5.32 Å². The molecule has 0 aromatic carbocycles. The zero-order chi connectivity index (χ0) is 37.0. The van der Waals surface area contributed by atoms with Crippen LogP contribution in [0.25, 0.3) is 0 Å². The average molecular weight is 718 g/mol. The Morgan fingerprint density at radius 1 is 1.04 bits per heavy atom. The van der Waals surface area contributed by atoms with E-state index < -0.39 is 101 Å². The second-order valence-corrected chi connectivity index (χ2v) is 13.7. The number of allylic oxidation sites excluding steroid dienone is 4. The van der Waals surface area contributed by atoms with Crippen LogP contribution in [0, 0.1) is 28.6 Å². The van der Waals surface area contributed by atoms with Gasteiger partial charge in [-0.25, -0.2) is 23.7 Å². The van der Waals surface area contributed by atoms with Gasteiger partial charge in [-0.05, 0) is 75.4 Å². The van der Waals surface area contributed by atoms with Crippen LogP contribution >= 0.6 is 0 Å². The van der Waals surface area contributed by atoms with Gasteiger partial charge in [0.25, 0.3) is 0 Å². The van der Waals surface area contributed by atoms with Crippen molar-refractivity contribution in [2.24, 2.45) is 28.6 Å². The van der Waals surface area contributed by atoms with Crippen LogP contribution in [0.2, 0.25) is 0 Å². The number of aliphatic hydroxyl groups excluding tert-OH is 1. The maximum absolute atomic E-state index is 17.2. The lowest BCUT2D eigenvalue weighted by Crippen LogP contribution is -2.66. The summed E-state index contributed by atoms with van der Waals surface area (Å²) in [6.45, 7) is 1.48. The first-order chi connectivity index (χ1) is 23.4. The fourth-order valence-electron chi connectivity index (χ4n) is 8.51. The number of carboxylic acids is 1. The van der Waals surface area contributed by atoms with E-state index in [1.807, 2.05) is 12.2 Å². The predicted octanol–water partition coefficient (Wildman–Crippen LogP) is 1.83. The van der Waals surface area contributed by atoms with E-state index in [-0.39, 0.29) is 37.4 Å². The molecule has 0 radical (unpaired) electrons. The molecule has 4 rings (SSSR count). The zero-order valence-corrected chi connectivity index (χ0v) is 27.6. The number of esters is 1. The van der Waals surface area contributed by atoms with Crippen molar-refractivity contribution >= 4 is 29.6 Å². The predicted molar refractivity (Wildman–Crippen MR) is 159 cm³/mol. The first-order valence-corrected chi connectivity index (χ1v) is 16.2. The number of ether oxygens (including phenoxy) is 2. The summed E-state index contributed by atoms with van der Waals surface area (Å²) < 4.78 is 27.1. The highest BCUT2D eigenvalue weighted by molar-refractivity contribution is 6.01. The lowest BCUT2D eigenvalue weighted by molar-refractivity contribution is -0.527. The molecule has 0 aromatic heterocycles. The van der Waals surface area contributed by atoms with Gasteiger partial charge in [-0.15, -0.1) is 0 Å². The third-order valence-electron chi connectivity index (χ3n) is 10.9. The Kier molecular flexibility index (Phi) is 12.5. The molecule has 18 nitrogen and oxygen atoms in total. The first kappa shape index (κ1) is 39.4. The topological polar surface area (TPSA) is 262 Å². The average Bonchev–Trinajstić information content (AvgIpc) is 3.37. The molecule has 50 heavy (non-hydrogen) atoms. The quantitative estimate of drug-likeness (QED) is 0.0887. The molecule has 0 spiro atoms. The number of Topliss-reactive ketones (excluding diaryl/α,β-unsaturated/α-hetero) is 1. The summed E-state index contributed by atoms with van der Waals surface area (Å²) in [7, 11) is 0. The molecular formula is C31H44FN3O15. The van der Waals surface area contributed by atoms with Crippen LogP contribution in [0.4, 0.5) is 9.18 Å². The Balaban J connectivity index is 1.27. The first-order valence-electron chi connectivity index (χ1n) is 16.2. The van der Waals surface area contributed by atoms with Gasteiger partial charge in [0.2, 0.25) is 0 Å². The summed E-state index contributed by atoms with van der Waals surface area (Å²) in [5.74, 6) is -4.63. The van der Waals surface area contributed by atoms with Gasteiger partial charge in [0.1, 0.15) is 19.3 Å². The standard InChI is InChI=1S/C31H44FN3O15/c1-29-13-25(38)31(32)21(7-6-17-12-18(36)10-11-30(17,31)2)20(29)8-9-22(29)24(37)16-48-28(42)33-23(27(40)41)15-47-26(39)5-3-4-19(50-35(45)46)14-49-34(43)44/h10-12,19-23,25,38,43-46H,3-9,13-16H2,1-2H3,(H,33,42)(H,40,41)/t19?,20?,21-,22?,23?,25-,29-,30-,31?/m0/s1. The molecule has 0 heterocycles. The van der Waals surface area contributed by atoms with E-state index in [1.165, 1.54) is 12.2 Å². The third-order valence-corrected chi connectivity index (χ3v) is 10.9. The highest BCUT2D eigenvalue weighted by atomic mass is 19.1. The minimum atomic E-state index is -2.04.